The Morgan fingerprint density at radius 2 is 1.77 bits per heavy atom. The zero-order valence-corrected chi connectivity index (χ0v) is 15.1. The summed E-state index contributed by atoms with van der Waals surface area (Å²) < 4.78 is 3.30. The molecule has 3 rings (SSSR count). The molecule has 1 N–H and O–H groups in total. The first-order chi connectivity index (χ1) is 12.5. The van der Waals surface area contributed by atoms with E-state index in [2.05, 4.69) is 10.5 Å². The second-order valence-electron chi connectivity index (χ2n) is 5.68. The summed E-state index contributed by atoms with van der Waals surface area (Å²) in [6.07, 6.45) is 1.37. The fourth-order valence-corrected chi connectivity index (χ4v) is 2.68. The van der Waals surface area contributed by atoms with Gasteiger partial charge in [0.05, 0.1) is 17.5 Å². The summed E-state index contributed by atoms with van der Waals surface area (Å²) in [6.45, 7) is 1.82. The van der Waals surface area contributed by atoms with Crippen LogP contribution in [0, 0.1) is 6.92 Å². The third-order valence-electron chi connectivity index (χ3n) is 4.06. The molecule has 0 spiro atoms. The number of carbonyl (C=O) groups is 1. The highest BCUT2D eigenvalue weighted by Crippen LogP contribution is 2.10. The van der Waals surface area contributed by atoms with Gasteiger partial charge in [0.1, 0.15) is 0 Å². The van der Waals surface area contributed by atoms with Crippen molar-refractivity contribution in [2.24, 2.45) is 12.1 Å². The fourth-order valence-electron chi connectivity index (χ4n) is 2.56. The van der Waals surface area contributed by atoms with Gasteiger partial charge in [-0.2, -0.15) is 5.10 Å². The highest BCUT2D eigenvalue weighted by Gasteiger charge is 2.14. The van der Waals surface area contributed by atoms with E-state index in [0.29, 0.717) is 16.1 Å². The zero-order valence-electron chi connectivity index (χ0n) is 14.3. The number of rotatable bonds is 4. The molecule has 1 aromatic heterocycles. The minimum atomic E-state index is -0.380. The Labute approximate surface area is 155 Å². The Kier molecular flexibility index (Phi) is 5.04. The molecular formula is C19H17ClN4O2. The van der Waals surface area contributed by atoms with Gasteiger partial charge in [-0.3, -0.25) is 14.3 Å². The number of amides is 1. The molecule has 0 bridgehead atoms. The largest absolute Gasteiger partial charge is 0.285 e. The summed E-state index contributed by atoms with van der Waals surface area (Å²) in [5.74, 6) is -0.380. The highest BCUT2D eigenvalue weighted by atomic mass is 35.5. The smallest absolute Gasteiger partial charge is 0.280 e. The number of carbonyl (C=O) groups excluding carboxylic acids is 1. The minimum absolute atomic E-state index is 0.208. The molecule has 2 aromatic carbocycles. The average Bonchev–Trinajstić information content (AvgIpc) is 2.86. The van der Waals surface area contributed by atoms with E-state index in [0.717, 1.165) is 11.4 Å². The molecule has 3 aromatic rings. The van der Waals surface area contributed by atoms with E-state index >= 15 is 0 Å². The Hall–Kier alpha value is -3.12. The molecule has 0 saturated heterocycles. The molecule has 0 aliphatic rings. The van der Waals surface area contributed by atoms with Crippen LogP contribution in [0.3, 0.4) is 0 Å². The minimum Gasteiger partial charge on any atom is -0.285 e. The van der Waals surface area contributed by atoms with Crippen molar-refractivity contribution in [3.8, 4) is 5.69 Å². The molecule has 0 aliphatic carbocycles. The Bertz CT molecular complexity index is 1020. The third-order valence-corrected chi connectivity index (χ3v) is 4.32. The molecule has 1 amide bonds. The normalized spacial score (nSPS) is 11.0. The first kappa shape index (κ1) is 17.7. The molecular weight excluding hydrogens is 352 g/mol. The first-order valence-electron chi connectivity index (χ1n) is 7.92. The van der Waals surface area contributed by atoms with Crippen LogP contribution in [0.25, 0.3) is 5.69 Å². The van der Waals surface area contributed by atoms with E-state index in [1.807, 2.05) is 37.3 Å². The van der Waals surface area contributed by atoms with Crippen LogP contribution in [0.2, 0.25) is 5.02 Å². The maximum absolute atomic E-state index is 12.7. The standard InChI is InChI=1S/C19H17ClN4O2/c1-13-17(12-21-22-18(25)14-8-10-15(20)11-9-14)19(26)24(23(13)2)16-6-4-3-5-7-16/h3-12H,1-2H3,(H,22,25)/b21-12+. The van der Waals surface area contributed by atoms with Crippen molar-refractivity contribution in [3.05, 3.63) is 86.8 Å². The van der Waals surface area contributed by atoms with Gasteiger partial charge in [0, 0.05) is 23.3 Å². The van der Waals surface area contributed by atoms with Gasteiger partial charge in [-0.25, -0.2) is 10.1 Å². The van der Waals surface area contributed by atoms with Crippen LogP contribution < -0.4 is 11.0 Å². The number of halogens is 1. The number of hydrogen-bond donors (Lipinski definition) is 1. The predicted octanol–water partition coefficient (Wildman–Crippen LogP) is 2.90. The number of benzene rings is 2. The Morgan fingerprint density at radius 1 is 1.12 bits per heavy atom. The number of hydrogen-bond acceptors (Lipinski definition) is 3. The summed E-state index contributed by atoms with van der Waals surface area (Å²) in [7, 11) is 1.80. The van der Waals surface area contributed by atoms with Gasteiger partial charge in [0.2, 0.25) is 0 Å². The molecule has 0 saturated carbocycles. The van der Waals surface area contributed by atoms with Crippen LogP contribution in [0.1, 0.15) is 21.6 Å². The summed E-state index contributed by atoms with van der Waals surface area (Å²) >= 11 is 5.80. The number of para-hydroxylation sites is 1. The van der Waals surface area contributed by atoms with Crippen molar-refractivity contribution < 1.29 is 4.79 Å². The van der Waals surface area contributed by atoms with E-state index in [9.17, 15) is 9.59 Å². The molecule has 0 unspecified atom stereocenters. The molecule has 1 heterocycles. The van der Waals surface area contributed by atoms with Crippen molar-refractivity contribution in [3.63, 3.8) is 0 Å². The summed E-state index contributed by atoms with van der Waals surface area (Å²) in [6, 6.07) is 15.8. The van der Waals surface area contributed by atoms with E-state index < -0.39 is 0 Å². The second kappa shape index (κ2) is 7.41. The lowest BCUT2D eigenvalue weighted by atomic mass is 10.2. The molecule has 132 valence electrons. The monoisotopic (exact) mass is 368 g/mol. The Morgan fingerprint density at radius 3 is 2.42 bits per heavy atom. The molecule has 7 heteroatoms. The van der Waals surface area contributed by atoms with Gasteiger partial charge >= 0.3 is 0 Å². The van der Waals surface area contributed by atoms with E-state index in [-0.39, 0.29) is 11.5 Å². The average molecular weight is 369 g/mol. The van der Waals surface area contributed by atoms with Crippen molar-refractivity contribution in [1.29, 1.82) is 0 Å². The summed E-state index contributed by atoms with van der Waals surface area (Å²) in [5, 5.41) is 4.47. The van der Waals surface area contributed by atoms with Crippen LogP contribution in [0.15, 0.2) is 64.5 Å². The SMILES string of the molecule is Cc1c(/C=N/NC(=O)c2ccc(Cl)cc2)c(=O)n(-c2ccccc2)n1C. The van der Waals surface area contributed by atoms with Crippen LogP contribution >= 0.6 is 11.6 Å². The van der Waals surface area contributed by atoms with Gasteiger partial charge in [-0.15, -0.1) is 0 Å². The number of nitrogens with one attached hydrogen (secondary N) is 1. The molecule has 0 aliphatic heterocycles. The highest BCUT2D eigenvalue weighted by molar-refractivity contribution is 6.30. The molecule has 6 nitrogen and oxygen atoms in total. The molecule has 0 radical (unpaired) electrons. The molecule has 0 atom stereocenters. The predicted molar refractivity (Wildman–Crippen MR) is 102 cm³/mol. The van der Waals surface area contributed by atoms with E-state index in [1.54, 1.807) is 40.7 Å². The summed E-state index contributed by atoms with van der Waals surface area (Å²) in [4.78, 5) is 24.8. The Balaban J connectivity index is 1.84. The van der Waals surface area contributed by atoms with E-state index in [4.69, 9.17) is 11.6 Å². The van der Waals surface area contributed by atoms with Crippen molar-refractivity contribution in [2.45, 2.75) is 6.92 Å². The van der Waals surface area contributed by atoms with Crippen molar-refractivity contribution in [2.75, 3.05) is 0 Å². The number of aromatic nitrogens is 2. The van der Waals surface area contributed by atoms with Gasteiger partial charge in [0.15, 0.2) is 0 Å². The molecule has 0 fully saturated rings. The third kappa shape index (κ3) is 3.45. The van der Waals surface area contributed by atoms with Crippen LogP contribution in [-0.2, 0) is 7.05 Å². The van der Waals surface area contributed by atoms with E-state index in [1.165, 1.54) is 6.21 Å². The maximum atomic E-state index is 12.7. The lowest BCUT2D eigenvalue weighted by Crippen LogP contribution is -2.21. The maximum Gasteiger partial charge on any atom is 0.280 e. The lowest BCUT2D eigenvalue weighted by Gasteiger charge is -2.07. The number of nitrogens with zero attached hydrogens (tertiary/aromatic N) is 3. The lowest BCUT2D eigenvalue weighted by molar-refractivity contribution is 0.0955. The molecule has 26 heavy (non-hydrogen) atoms. The quantitative estimate of drug-likeness (QED) is 0.568. The summed E-state index contributed by atoms with van der Waals surface area (Å²) in [5.41, 5.74) is 4.55. The van der Waals surface area contributed by atoms with Gasteiger partial charge in [0.25, 0.3) is 11.5 Å². The van der Waals surface area contributed by atoms with Crippen LogP contribution in [-0.4, -0.2) is 21.5 Å². The van der Waals surface area contributed by atoms with Crippen molar-refractivity contribution >= 4 is 23.7 Å². The zero-order chi connectivity index (χ0) is 18.7. The van der Waals surface area contributed by atoms with Gasteiger partial charge < -0.3 is 0 Å². The van der Waals surface area contributed by atoms with Crippen LogP contribution in [0.5, 0.6) is 0 Å². The fraction of sp³-hybridized carbons (Fsp3) is 0.105. The van der Waals surface area contributed by atoms with Crippen molar-refractivity contribution in [1.82, 2.24) is 14.8 Å². The number of hydrazone groups is 1. The van der Waals surface area contributed by atoms with Gasteiger partial charge in [-0.1, -0.05) is 29.8 Å². The topological polar surface area (TPSA) is 68.4 Å². The second-order valence-corrected chi connectivity index (χ2v) is 6.12. The van der Waals surface area contributed by atoms with Gasteiger partial charge in [-0.05, 0) is 43.3 Å². The van der Waals surface area contributed by atoms with Crippen LogP contribution in [0.4, 0.5) is 0 Å². The first-order valence-corrected chi connectivity index (χ1v) is 8.30.